The number of aliphatic hydroxyl groups is 17. The van der Waals surface area contributed by atoms with Gasteiger partial charge in [-0.3, -0.25) is 33.6 Å². The molecule has 0 aliphatic carbocycles. The molecule has 708 valence electrons. The van der Waals surface area contributed by atoms with Crippen molar-refractivity contribution in [3.8, 4) is 0 Å². The molecule has 30 rings (SSSR count). The molecule has 24 N–H and O–H groups in total. The Hall–Kier alpha value is -2.58. The first kappa shape index (κ1) is 104. The van der Waals surface area contributed by atoms with E-state index in [9.17, 15) is 156 Å². The Balaban J connectivity index is 1.10. The van der Waals surface area contributed by atoms with Gasteiger partial charge in [-0.2, -0.15) is 82.3 Å². The Morgan fingerprint density at radius 1 is 0.179 bits per heavy atom. The average molecular weight is 1910 g/mol. The molecule has 40 atom stereocenters. The summed E-state index contributed by atoms with van der Waals surface area (Å²) in [6, 6.07) is 0. The molecule has 30 saturated heterocycles. The zero-order valence-corrected chi connectivity index (χ0v) is 70.8. The van der Waals surface area contributed by atoms with Crippen LogP contribution in [0.2, 0.25) is 0 Å². The lowest BCUT2D eigenvalue weighted by Gasteiger charge is -2.51. The summed E-state index contributed by atoms with van der Waals surface area (Å²) in [6.45, 7) is -1.14. The SMILES string of the molecule is O=C(O)CCSC[C@H]1O[C@@H]2O[C@H]3[C@H](O)[C@@H](O)[C@@H](O[C@H]4[C@H](O)[C@@H](O)[C@@H](O[C@H]5[C@H](O)[C@@H](O)[C@@H](O[C@H]6[C@H](O)[C@@H](O)[C@@H](O[C@H]7[C@H](O)[C@@H](O)[C@@H](O[C@H]8[C@H](O)C(O)[C@@H](O[C@H]9[C@H](O)[C@@H](O)[C@@H](O[C@H]1[C@H](O)[C@H]2O)O[C@@H]9CO)O[C@@H]8CSCCC(=O)O)O[C@@H]7CSCCC(=O)O)O[C@@H]6CSCCC(=O)O)O[C@@H]5CSCCC(=O)O)O[C@@H]4CSCCC(=O)O)O[C@@H]3CSCCC(=O)O. The minimum atomic E-state index is -2.33. The van der Waals surface area contributed by atoms with E-state index in [2.05, 4.69) is 0 Å². The fourth-order valence-corrected chi connectivity index (χ4v) is 21.2. The van der Waals surface area contributed by atoms with Crippen LogP contribution in [0.3, 0.4) is 0 Å². The Kier molecular flexibility index (Phi) is 42.1. The summed E-state index contributed by atoms with van der Waals surface area (Å²) in [4.78, 5) is 82.2. The third kappa shape index (κ3) is 28.5. The predicted molar refractivity (Wildman–Crippen MR) is 419 cm³/mol. The fraction of sp³-hybridized carbons (Fsp3) is 0.899. The summed E-state index contributed by atoms with van der Waals surface area (Å²) >= 11 is 6.18. The normalized spacial score (nSPS) is 42.7. The highest BCUT2D eigenvalue weighted by Crippen LogP contribution is 2.43. The summed E-state index contributed by atoms with van der Waals surface area (Å²) < 4.78 is 99.1. The van der Waals surface area contributed by atoms with Gasteiger partial charge in [0.15, 0.2) is 50.3 Å². The molecule has 0 aromatic heterocycles. The summed E-state index contributed by atoms with van der Waals surface area (Å²) in [5, 5.41) is 271. The van der Waals surface area contributed by atoms with Crippen LogP contribution in [0.5, 0.6) is 0 Å². The second-order valence-corrected chi connectivity index (χ2v) is 37.8. The van der Waals surface area contributed by atoms with Crippen LogP contribution in [0.15, 0.2) is 0 Å². The van der Waals surface area contributed by atoms with Gasteiger partial charge >= 0.3 is 41.8 Å². The lowest BCUT2D eigenvalue weighted by molar-refractivity contribution is -0.397. The molecule has 0 amide bonds. The van der Waals surface area contributed by atoms with Gasteiger partial charge in [-0.25, -0.2) is 0 Å². The van der Waals surface area contributed by atoms with Gasteiger partial charge in [0.25, 0.3) is 0 Å². The number of aliphatic carboxylic acids is 7. The van der Waals surface area contributed by atoms with E-state index in [-0.39, 0.29) is 80.5 Å². The van der Waals surface area contributed by atoms with Crippen molar-refractivity contribution in [1.29, 1.82) is 0 Å². The highest BCUT2D eigenvalue weighted by Gasteiger charge is 2.61. The van der Waals surface area contributed by atoms with E-state index in [1.807, 2.05) is 0 Å². The lowest BCUT2D eigenvalue weighted by atomic mass is 9.95. The zero-order chi connectivity index (χ0) is 90.0. The number of rotatable bonds is 36. The molecule has 16 bridgehead atoms. The van der Waals surface area contributed by atoms with Crippen LogP contribution in [0.25, 0.3) is 0 Å². The van der Waals surface area contributed by atoms with E-state index in [1.165, 1.54) is 0 Å². The van der Waals surface area contributed by atoms with Crippen molar-refractivity contribution in [1.82, 2.24) is 0 Å². The molecule has 0 saturated carbocycles. The third-order valence-corrected chi connectivity index (χ3v) is 28.2. The monoisotopic (exact) mass is 1910 g/mol. The summed E-state index contributed by atoms with van der Waals surface area (Å²) in [7, 11) is 0. The molecule has 30 heterocycles. The average Bonchev–Trinajstić information content (AvgIpc) is 0.781. The lowest BCUT2D eigenvalue weighted by Crippen LogP contribution is -2.69. The predicted octanol–water partition coefficient (Wildman–Crippen LogP) is -8.90. The zero-order valence-electron chi connectivity index (χ0n) is 65.1. The van der Waals surface area contributed by atoms with Crippen molar-refractivity contribution in [2.75, 3.05) is 87.1 Å². The number of thioether (sulfide) groups is 7. The fourth-order valence-electron chi connectivity index (χ4n) is 14.3. The molecule has 30 aliphatic heterocycles. The number of hydrogen-bond acceptors (Lipinski definition) is 47. The van der Waals surface area contributed by atoms with Crippen LogP contribution >= 0.6 is 82.3 Å². The first-order valence-electron chi connectivity index (χ1n) is 38.9. The topological polar surface area (TPSA) is 753 Å². The maximum atomic E-state index is 12.3. The standard InChI is InChI=1S/C69H108O47S7/c70-15-23-54-38(85)46(93)62(101-23)110-55-24(16-117-8-1-31(71)72)103-64(48(95)40(55)87)112-57-26(18-119-10-3-33(75)76)105-66(50(97)42(57)89)114-59-28(20-121-12-5-35(79)80)107-68(52(99)44(59)91)116-61-30(22-123-14-7-37(83)84)108-69(53(100)45(61)92)115-60-29(21-122-13-6-36(81)82)106-67(51(98)43(60)90)113-58-27(19-120-11-4-34(77)78)104-65(49(96)41(58)88)111-56-25(17-118-9-2-32(73)74)102-63(109-54)47(94)39(56)86/h23-30,38-70,85-100H,1-22H2,(H,71,72)(H,73,74)(H,75,76)(H,77,78)(H,79,80)(H,81,82)(H,83,84)/t23-,24-,25-,26-,27-,28-,29-,30-,38-,39-,40-,41-,42-,43-,44-,45-,46-,47?,48-,49-,50-,51-,52-,53-,54-,55-,56-,57-,58-,59-,60-,61-,62-,63-,64-,65-,66-,67-,68-,69-/m1/s1. The van der Waals surface area contributed by atoms with E-state index >= 15 is 0 Å². The van der Waals surface area contributed by atoms with Crippen LogP contribution in [0.1, 0.15) is 44.9 Å². The largest absolute Gasteiger partial charge is 0.481 e. The summed E-state index contributed by atoms with van der Waals surface area (Å²) in [5.41, 5.74) is 0. The molecule has 0 aromatic carbocycles. The number of carboxylic acids is 7. The summed E-state index contributed by atoms with van der Waals surface area (Å²) in [6.07, 6.45) is -85.4. The van der Waals surface area contributed by atoms with Gasteiger partial charge in [-0.05, 0) is 0 Å². The van der Waals surface area contributed by atoms with Crippen LogP contribution in [0, 0.1) is 0 Å². The van der Waals surface area contributed by atoms with Crippen molar-refractivity contribution < 1.29 is 232 Å². The first-order chi connectivity index (χ1) is 58.4. The smallest absolute Gasteiger partial charge is 0.304 e. The highest BCUT2D eigenvalue weighted by molar-refractivity contribution is 8.00. The van der Waals surface area contributed by atoms with Gasteiger partial charge < -0.3 is 198 Å². The molecule has 123 heavy (non-hydrogen) atoms. The van der Waals surface area contributed by atoms with E-state index in [1.54, 1.807) is 0 Å². The highest BCUT2D eigenvalue weighted by atomic mass is 32.2. The van der Waals surface area contributed by atoms with E-state index in [4.69, 9.17) is 75.8 Å². The Labute approximate surface area is 729 Å². The van der Waals surface area contributed by atoms with Gasteiger partial charge in [0.2, 0.25) is 0 Å². The number of hydrogen-bond donors (Lipinski definition) is 24. The molecular weight excluding hydrogens is 1810 g/mol. The molecule has 0 spiro atoms. The Bertz CT molecular complexity index is 3160. The first-order valence-corrected chi connectivity index (χ1v) is 47.0. The van der Waals surface area contributed by atoms with E-state index in [0.29, 0.717) is 0 Å². The van der Waals surface area contributed by atoms with Gasteiger partial charge in [0.05, 0.1) is 94.3 Å². The molecule has 54 heteroatoms. The maximum Gasteiger partial charge on any atom is 0.304 e. The van der Waals surface area contributed by atoms with Crippen LogP contribution < -0.4 is 0 Å². The quantitative estimate of drug-likeness (QED) is 0.0259. The number of ether oxygens (including phenoxy) is 16. The second-order valence-electron chi connectivity index (χ2n) is 29.7. The summed E-state index contributed by atoms with van der Waals surface area (Å²) in [5.74, 6) is -12.4. The van der Waals surface area contributed by atoms with Crippen molar-refractivity contribution in [2.24, 2.45) is 0 Å². The molecule has 0 radical (unpaired) electrons. The van der Waals surface area contributed by atoms with Crippen molar-refractivity contribution in [3.63, 3.8) is 0 Å². The van der Waals surface area contributed by atoms with Crippen LogP contribution in [-0.2, 0) is 109 Å². The molecule has 0 aromatic rings. The van der Waals surface area contributed by atoms with Crippen LogP contribution in [-0.4, -0.2) is 497 Å². The van der Waals surface area contributed by atoms with Crippen molar-refractivity contribution in [2.45, 2.75) is 291 Å². The van der Waals surface area contributed by atoms with E-state index in [0.717, 1.165) is 82.3 Å². The van der Waals surface area contributed by atoms with Gasteiger partial charge in [-0.15, -0.1) is 0 Å². The third-order valence-electron chi connectivity index (χ3n) is 20.8. The Morgan fingerprint density at radius 2 is 0.293 bits per heavy atom. The minimum Gasteiger partial charge on any atom is -0.481 e. The number of aliphatic hydroxyl groups excluding tert-OH is 17. The van der Waals surface area contributed by atoms with Crippen molar-refractivity contribution in [3.05, 3.63) is 0 Å². The molecular formula is C69H108O47S7. The van der Waals surface area contributed by atoms with Gasteiger partial charge in [-0.1, -0.05) is 0 Å². The minimum absolute atomic E-state index is 0.148. The number of carbonyl (C=O) groups is 7. The molecule has 47 nitrogen and oxygen atoms in total. The van der Waals surface area contributed by atoms with Gasteiger partial charge in [0, 0.05) is 80.5 Å². The second kappa shape index (κ2) is 49.8. The van der Waals surface area contributed by atoms with Crippen LogP contribution in [0.4, 0.5) is 0 Å². The molecule has 30 fully saturated rings. The van der Waals surface area contributed by atoms with Gasteiger partial charge in [0.1, 0.15) is 153 Å². The van der Waals surface area contributed by atoms with E-state index < -0.39 is 339 Å². The maximum absolute atomic E-state index is 12.3. The number of carboxylic acid groups (broad SMARTS) is 7. The molecule has 30 aliphatic rings. The Morgan fingerprint density at radius 3 is 0.407 bits per heavy atom. The van der Waals surface area contributed by atoms with Crippen molar-refractivity contribution >= 4 is 124 Å². The molecule has 1 unspecified atom stereocenters.